The van der Waals surface area contributed by atoms with Crippen LogP contribution in [0.5, 0.6) is 0 Å². The Labute approximate surface area is 265 Å². The van der Waals surface area contributed by atoms with Crippen LogP contribution in [0.1, 0.15) is 60.3 Å². The third kappa shape index (κ3) is 8.99. The van der Waals surface area contributed by atoms with E-state index in [0.29, 0.717) is 25.1 Å². The van der Waals surface area contributed by atoms with Crippen molar-refractivity contribution in [3.63, 3.8) is 0 Å². The second-order valence-corrected chi connectivity index (χ2v) is 11.9. The molecule has 0 aliphatic carbocycles. The van der Waals surface area contributed by atoms with Gasteiger partial charge in [-0.1, -0.05) is 78.5 Å². The zero-order valence-corrected chi connectivity index (χ0v) is 25.8. The Kier molecular flexibility index (Phi) is 11.3. The molecule has 0 unspecified atom stereocenters. The SMILES string of the molecule is Cn1cnnc1SC[C@@H]1C[C@H](c2ccc(CO)cc2)O[C@H](c2ccc(-c3cccc(CNC(=O)CCCC(=O)NO)c3)cc2)O1. The van der Waals surface area contributed by atoms with Crippen LogP contribution in [0.3, 0.4) is 0 Å². The van der Waals surface area contributed by atoms with Gasteiger partial charge >= 0.3 is 0 Å². The number of rotatable bonds is 13. The Balaban J connectivity index is 1.24. The number of hydrogen-bond donors (Lipinski definition) is 4. The molecule has 4 aromatic rings. The second kappa shape index (κ2) is 15.8. The van der Waals surface area contributed by atoms with Gasteiger partial charge in [-0.25, -0.2) is 5.48 Å². The van der Waals surface area contributed by atoms with E-state index in [4.69, 9.17) is 14.7 Å². The second-order valence-electron chi connectivity index (χ2n) is 10.9. The first-order valence-corrected chi connectivity index (χ1v) is 15.8. The van der Waals surface area contributed by atoms with E-state index in [2.05, 4.69) is 15.5 Å². The number of carbonyl (C=O) groups excluding carboxylic acids is 2. The molecule has 11 nitrogen and oxygen atoms in total. The van der Waals surface area contributed by atoms with E-state index in [1.54, 1.807) is 23.6 Å². The molecule has 236 valence electrons. The van der Waals surface area contributed by atoms with Gasteiger partial charge in [-0.3, -0.25) is 14.8 Å². The zero-order valence-electron chi connectivity index (χ0n) is 25.0. The van der Waals surface area contributed by atoms with Crippen LogP contribution in [-0.4, -0.2) is 48.7 Å². The van der Waals surface area contributed by atoms with Gasteiger partial charge in [-0.15, -0.1) is 10.2 Å². The minimum Gasteiger partial charge on any atom is -0.392 e. The lowest BCUT2D eigenvalue weighted by Gasteiger charge is -2.36. The van der Waals surface area contributed by atoms with Gasteiger partial charge in [0.15, 0.2) is 11.4 Å². The Morgan fingerprint density at radius 1 is 0.956 bits per heavy atom. The van der Waals surface area contributed by atoms with Crippen molar-refractivity contribution in [2.75, 3.05) is 5.75 Å². The van der Waals surface area contributed by atoms with E-state index < -0.39 is 12.2 Å². The molecule has 45 heavy (non-hydrogen) atoms. The number of aliphatic hydroxyl groups is 1. The third-order valence-electron chi connectivity index (χ3n) is 7.55. The summed E-state index contributed by atoms with van der Waals surface area (Å²) in [7, 11) is 1.92. The largest absolute Gasteiger partial charge is 0.392 e. The number of carbonyl (C=O) groups is 2. The lowest BCUT2D eigenvalue weighted by atomic mass is 9.99. The van der Waals surface area contributed by atoms with Crippen molar-refractivity contribution < 1.29 is 29.4 Å². The Morgan fingerprint density at radius 2 is 1.71 bits per heavy atom. The highest BCUT2D eigenvalue weighted by atomic mass is 32.2. The Bertz CT molecular complexity index is 1560. The van der Waals surface area contributed by atoms with Crippen molar-refractivity contribution in [3.05, 3.63) is 101 Å². The predicted molar refractivity (Wildman–Crippen MR) is 168 cm³/mol. The summed E-state index contributed by atoms with van der Waals surface area (Å²) in [6.45, 7) is 0.362. The lowest BCUT2D eigenvalue weighted by molar-refractivity contribution is -0.245. The van der Waals surface area contributed by atoms with E-state index in [0.717, 1.165) is 38.5 Å². The molecule has 5 rings (SSSR count). The standard InChI is InChI=1S/C33H37N5O6S/c1-38-21-35-36-33(38)45-20-28-17-29(25-10-8-22(19-39)9-11-25)44-32(43-28)26-14-12-24(13-15-26)27-5-2-4-23(16-27)18-34-30(40)6-3-7-31(41)37-42/h2,4-5,8-16,21,28-29,32,39,42H,3,6-7,17-20H2,1H3,(H,34,40)(H,37,41)/t28-,29+,32+/m0/s1. The first kappa shape index (κ1) is 32.3. The summed E-state index contributed by atoms with van der Waals surface area (Å²) in [6.07, 6.45) is 2.17. The fourth-order valence-electron chi connectivity index (χ4n) is 5.04. The van der Waals surface area contributed by atoms with Crippen molar-refractivity contribution in [2.24, 2.45) is 7.05 Å². The number of aryl methyl sites for hydroxylation is 1. The minimum atomic E-state index is -0.564. The number of benzene rings is 3. The van der Waals surface area contributed by atoms with Crippen LogP contribution in [0.25, 0.3) is 11.1 Å². The molecule has 1 aromatic heterocycles. The molecule has 0 spiro atoms. The molecular formula is C33H37N5O6S. The van der Waals surface area contributed by atoms with Crippen LogP contribution < -0.4 is 10.8 Å². The smallest absolute Gasteiger partial charge is 0.243 e. The van der Waals surface area contributed by atoms with Gasteiger partial charge in [0.1, 0.15) is 6.33 Å². The van der Waals surface area contributed by atoms with Crippen LogP contribution in [0.2, 0.25) is 0 Å². The van der Waals surface area contributed by atoms with Crippen molar-refractivity contribution in [1.82, 2.24) is 25.6 Å². The topological polar surface area (TPSA) is 148 Å². The lowest BCUT2D eigenvalue weighted by Crippen LogP contribution is -2.31. The number of nitrogens with one attached hydrogen (secondary N) is 2. The summed E-state index contributed by atoms with van der Waals surface area (Å²) in [4.78, 5) is 23.3. The number of hydrogen-bond acceptors (Lipinski definition) is 9. The van der Waals surface area contributed by atoms with E-state index in [1.807, 2.05) is 84.4 Å². The summed E-state index contributed by atoms with van der Waals surface area (Å²) < 4.78 is 14.8. The van der Waals surface area contributed by atoms with Gasteiger partial charge < -0.3 is 24.5 Å². The molecule has 1 aliphatic rings. The quantitative estimate of drug-likeness (QED) is 0.0944. The number of amides is 2. The van der Waals surface area contributed by atoms with E-state index >= 15 is 0 Å². The minimum absolute atomic E-state index is 0.00814. The van der Waals surface area contributed by atoms with Crippen LogP contribution in [0.15, 0.2) is 84.3 Å². The van der Waals surface area contributed by atoms with Crippen LogP contribution in [0.4, 0.5) is 0 Å². The maximum atomic E-state index is 12.2. The molecule has 0 radical (unpaired) electrons. The molecule has 0 bridgehead atoms. The van der Waals surface area contributed by atoms with Gasteiger partial charge in [-0.05, 0) is 40.3 Å². The maximum absolute atomic E-state index is 12.2. The fourth-order valence-corrected chi connectivity index (χ4v) is 5.95. The molecule has 1 fully saturated rings. The average molecular weight is 632 g/mol. The summed E-state index contributed by atoms with van der Waals surface area (Å²) in [5, 5.41) is 29.9. The van der Waals surface area contributed by atoms with Gasteiger partial charge in [0, 0.05) is 44.2 Å². The molecule has 3 atom stereocenters. The van der Waals surface area contributed by atoms with E-state index in [-0.39, 0.29) is 37.6 Å². The summed E-state index contributed by atoms with van der Waals surface area (Å²) in [5.74, 6) is 0.0318. The molecule has 2 heterocycles. The summed E-state index contributed by atoms with van der Waals surface area (Å²) >= 11 is 1.60. The number of aliphatic hydroxyl groups excluding tert-OH is 1. The molecule has 12 heteroatoms. The van der Waals surface area contributed by atoms with Gasteiger partial charge in [0.2, 0.25) is 11.8 Å². The number of aromatic nitrogens is 3. The monoisotopic (exact) mass is 631 g/mol. The van der Waals surface area contributed by atoms with Crippen LogP contribution >= 0.6 is 11.8 Å². The normalized spacial score (nSPS) is 18.0. The number of thioether (sulfide) groups is 1. The van der Waals surface area contributed by atoms with Crippen molar-refractivity contribution in [2.45, 2.75) is 62.5 Å². The highest BCUT2D eigenvalue weighted by molar-refractivity contribution is 7.99. The first-order chi connectivity index (χ1) is 21.9. The highest BCUT2D eigenvalue weighted by Gasteiger charge is 2.32. The van der Waals surface area contributed by atoms with Crippen molar-refractivity contribution in [1.29, 1.82) is 0 Å². The van der Waals surface area contributed by atoms with E-state index in [9.17, 15) is 14.7 Å². The Morgan fingerprint density at radius 3 is 2.42 bits per heavy atom. The fraction of sp³-hybridized carbons (Fsp3) is 0.333. The molecule has 0 saturated carbocycles. The Hall–Kier alpha value is -4.07. The third-order valence-corrected chi connectivity index (χ3v) is 8.71. The number of hydroxylamine groups is 1. The molecule has 2 amide bonds. The van der Waals surface area contributed by atoms with E-state index in [1.165, 1.54) is 0 Å². The maximum Gasteiger partial charge on any atom is 0.243 e. The van der Waals surface area contributed by atoms with Gasteiger partial charge in [0.05, 0.1) is 18.8 Å². The predicted octanol–water partition coefficient (Wildman–Crippen LogP) is 4.60. The molecule has 1 aliphatic heterocycles. The molecule has 1 saturated heterocycles. The van der Waals surface area contributed by atoms with Crippen LogP contribution in [0, 0.1) is 0 Å². The highest BCUT2D eigenvalue weighted by Crippen LogP contribution is 2.39. The summed E-state index contributed by atoms with van der Waals surface area (Å²) in [6, 6.07) is 23.9. The number of nitrogens with zero attached hydrogens (tertiary/aromatic N) is 3. The first-order valence-electron chi connectivity index (χ1n) is 14.8. The van der Waals surface area contributed by atoms with Crippen molar-refractivity contribution in [3.8, 4) is 11.1 Å². The molecule has 4 N–H and O–H groups in total. The molecular weight excluding hydrogens is 594 g/mol. The zero-order chi connectivity index (χ0) is 31.6. The van der Waals surface area contributed by atoms with Crippen molar-refractivity contribution >= 4 is 23.6 Å². The van der Waals surface area contributed by atoms with Gasteiger partial charge in [-0.2, -0.15) is 0 Å². The molecule has 3 aromatic carbocycles. The van der Waals surface area contributed by atoms with Crippen LogP contribution in [-0.2, 0) is 39.3 Å². The summed E-state index contributed by atoms with van der Waals surface area (Å²) in [5.41, 5.74) is 7.34. The average Bonchev–Trinajstić information content (AvgIpc) is 3.50. The number of ether oxygens (including phenoxy) is 2. The van der Waals surface area contributed by atoms with Gasteiger partial charge in [0.25, 0.3) is 0 Å².